The van der Waals surface area contributed by atoms with Crippen LogP contribution in [0.3, 0.4) is 0 Å². The molecule has 0 saturated carbocycles. The van der Waals surface area contributed by atoms with Crippen LogP contribution in [0.5, 0.6) is 0 Å². The molecular weight excluding hydrogens is 244 g/mol. The van der Waals surface area contributed by atoms with Gasteiger partial charge in [0, 0.05) is 16.8 Å². The second-order valence-corrected chi connectivity index (χ2v) is 4.70. The van der Waals surface area contributed by atoms with E-state index >= 15 is 0 Å². The maximum absolute atomic E-state index is 12.5. The number of Topliss-reactive ketones (excluding diaryl/α,β-unsaturated/α-hetero) is 1. The molecule has 94 valence electrons. The van der Waals surface area contributed by atoms with Crippen molar-refractivity contribution < 1.29 is 4.79 Å². The second-order valence-electron chi connectivity index (χ2n) is 4.29. The summed E-state index contributed by atoms with van der Waals surface area (Å²) in [4.78, 5) is 12.5. The Hall–Kier alpha value is -1.68. The maximum Gasteiger partial charge on any atom is 0.192 e. The quantitative estimate of drug-likeness (QED) is 0.647. The molecule has 2 rings (SSSR count). The van der Waals surface area contributed by atoms with Crippen molar-refractivity contribution in [1.82, 2.24) is 10.6 Å². The molecule has 1 atom stereocenters. The van der Waals surface area contributed by atoms with E-state index in [1.807, 2.05) is 44.2 Å². The molecule has 1 aromatic rings. The van der Waals surface area contributed by atoms with Gasteiger partial charge in [-0.05, 0) is 25.6 Å². The highest BCUT2D eigenvalue weighted by atomic mass is 32.1. The van der Waals surface area contributed by atoms with Crippen molar-refractivity contribution in [2.45, 2.75) is 26.3 Å². The predicted octanol–water partition coefficient (Wildman–Crippen LogP) is 2.40. The van der Waals surface area contributed by atoms with Crippen molar-refractivity contribution in [3.63, 3.8) is 0 Å². The first-order valence-corrected chi connectivity index (χ1v) is 6.42. The largest absolute Gasteiger partial charge is 0.355 e. The first kappa shape index (κ1) is 12.8. The monoisotopic (exact) mass is 260 g/mol. The normalized spacial score (nSPS) is 19.2. The number of hydrogen-bond donors (Lipinski definition) is 2. The van der Waals surface area contributed by atoms with Gasteiger partial charge in [0.1, 0.15) is 0 Å². The molecule has 0 saturated heterocycles. The number of rotatable bonds is 3. The van der Waals surface area contributed by atoms with E-state index in [9.17, 15) is 4.79 Å². The molecule has 0 aliphatic carbocycles. The molecule has 4 heteroatoms. The van der Waals surface area contributed by atoms with Gasteiger partial charge in [-0.1, -0.05) is 37.3 Å². The molecule has 1 aromatic carbocycles. The van der Waals surface area contributed by atoms with E-state index in [0.717, 1.165) is 17.7 Å². The van der Waals surface area contributed by atoms with Gasteiger partial charge in [0.25, 0.3) is 0 Å². The van der Waals surface area contributed by atoms with E-state index in [2.05, 4.69) is 10.6 Å². The number of allylic oxidation sites excluding steroid dienone is 1. The minimum Gasteiger partial charge on any atom is -0.355 e. The molecule has 1 aliphatic rings. The van der Waals surface area contributed by atoms with Gasteiger partial charge in [0.15, 0.2) is 10.9 Å². The Morgan fingerprint density at radius 2 is 2.00 bits per heavy atom. The minimum absolute atomic E-state index is 0.00791. The van der Waals surface area contributed by atoms with E-state index < -0.39 is 0 Å². The molecule has 0 fully saturated rings. The standard InChI is InChI=1S/C14H16N2OS/c1-3-11-12(9(2)15-14(18)16-11)13(17)10-7-5-4-6-8-10/h4-8,11H,3H2,1-2H3,(H2,15,16,18)/t11-/m0/s1. The summed E-state index contributed by atoms with van der Waals surface area (Å²) >= 11 is 5.11. The van der Waals surface area contributed by atoms with Gasteiger partial charge < -0.3 is 10.6 Å². The number of thiocarbonyl (C=S) groups is 1. The summed E-state index contributed by atoms with van der Waals surface area (Å²) in [5.74, 6) is 0.0578. The van der Waals surface area contributed by atoms with E-state index in [0.29, 0.717) is 10.7 Å². The first-order valence-electron chi connectivity index (χ1n) is 6.01. The van der Waals surface area contributed by atoms with Crippen molar-refractivity contribution in [2.75, 3.05) is 0 Å². The minimum atomic E-state index is -0.00791. The lowest BCUT2D eigenvalue weighted by Crippen LogP contribution is -2.49. The Bertz CT molecular complexity index is 508. The summed E-state index contributed by atoms with van der Waals surface area (Å²) in [5, 5.41) is 6.75. The molecule has 3 nitrogen and oxygen atoms in total. The van der Waals surface area contributed by atoms with Crippen molar-refractivity contribution in [3.8, 4) is 0 Å². The molecule has 0 radical (unpaired) electrons. The van der Waals surface area contributed by atoms with Crippen LogP contribution in [0, 0.1) is 0 Å². The lowest BCUT2D eigenvalue weighted by atomic mass is 9.93. The fourth-order valence-electron chi connectivity index (χ4n) is 2.15. The second kappa shape index (κ2) is 5.31. The van der Waals surface area contributed by atoms with Crippen LogP contribution in [0.2, 0.25) is 0 Å². The number of ketones is 1. The van der Waals surface area contributed by atoms with Crippen LogP contribution in [0.25, 0.3) is 0 Å². The van der Waals surface area contributed by atoms with Crippen LogP contribution in [0.4, 0.5) is 0 Å². The number of nitrogens with one attached hydrogen (secondary N) is 2. The Morgan fingerprint density at radius 1 is 1.33 bits per heavy atom. The summed E-state index contributed by atoms with van der Waals surface area (Å²) in [6.07, 6.45) is 0.826. The Balaban J connectivity index is 2.39. The van der Waals surface area contributed by atoms with Crippen LogP contribution in [-0.4, -0.2) is 16.9 Å². The van der Waals surface area contributed by atoms with E-state index in [1.54, 1.807) is 0 Å². The van der Waals surface area contributed by atoms with Crippen molar-refractivity contribution in [2.24, 2.45) is 0 Å². The van der Waals surface area contributed by atoms with Crippen LogP contribution in [-0.2, 0) is 0 Å². The van der Waals surface area contributed by atoms with E-state index in [4.69, 9.17) is 12.2 Å². The lowest BCUT2D eigenvalue weighted by Gasteiger charge is -2.29. The van der Waals surface area contributed by atoms with Crippen LogP contribution < -0.4 is 10.6 Å². The number of benzene rings is 1. The van der Waals surface area contributed by atoms with Gasteiger partial charge in [0.05, 0.1) is 6.04 Å². The maximum atomic E-state index is 12.5. The molecule has 1 heterocycles. The smallest absolute Gasteiger partial charge is 0.192 e. The van der Waals surface area contributed by atoms with Crippen molar-refractivity contribution in [3.05, 3.63) is 47.2 Å². The highest BCUT2D eigenvalue weighted by Gasteiger charge is 2.27. The average molecular weight is 260 g/mol. The third-order valence-electron chi connectivity index (χ3n) is 3.05. The lowest BCUT2D eigenvalue weighted by molar-refractivity contribution is 0.102. The number of hydrogen-bond acceptors (Lipinski definition) is 2. The fourth-order valence-corrected chi connectivity index (χ4v) is 2.44. The Kier molecular flexibility index (Phi) is 3.77. The average Bonchev–Trinajstić information content (AvgIpc) is 2.38. The van der Waals surface area contributed by atoms with Gasteiger partial charge in [-0.3, -0.25) is 4.79 Å². The zero-order valence-corrected chi connectivity index (χ0v) is 11.3. The van der Waals surface area contributed by atoms with Gasteiger partial charge in [-0.2, -0.15) is 0 Å². The molecule has 0 amide bonds. The van der Waals surface area contributed by atoms with Crippen LogP contribution in [0.1, 0.15) is 30.6 Å². The SMILES string of the molecule is CC[C@@H]1NC(=S)NC(C)=C1C(=O)c1ccccc1. The topological polar surface area (TPSA) is 41.1 Å². The molecule has 0 bridgehead atoms. The highest BCUT2D eigenvalue weighted by Crippen LogP contribution is 2.19. The van der Waals surface area contributed by atoms with E-state index in [1.165, 1.54) is 0 Å². The summed E-state index contributed by atoms with van der Waals surface area (Å²) in [6, 6.07) is 9.31. The Morgan fingerprint density at radius 3 is 2.61 bits per heavy atom. The summed E-state index contributed by atoms with van der Waals surface area (Å²) in [6.45, 7) is 3.93. The molecule has 2 N–H and O–H groups in total. The van der Waals surface area contributed by atoms with Crippen LogP contribution in [0.15, 0.2) is 41.6 Å². The van der Waals surface area contributed by atoms with Crippen molar-refractivity contribution >= 4 is 23.1 Å². The molecular formula is C14H16N2OS. The van der Waals surface area contributed by atoms with Gasteiger partial charge in [-0.15, -0.1) is 0 Å². The number of carbonyl (C=O) groups is 1. The molecule has 0 aromatic heterocycles. The third kappa shape index (κ3) is 2.43. The molecule has 18 heavy (non-hydrogen) atoms. The first-order chi connectivity index (χ1) is 8.63. The molecule has 0 unspecified atom stereocenters. The highest BCUT2D eigenvalue weighted by molar-refractivity contribution is 7.80. The molecule has 0 spiro atoms. The summed E-state index contributed by atoms with van der Waals surface area (Å²) < 4.78 is 0. The summed E-state index contributed by atoms with van der Waals surface area (Å²) in [5.41, 5.74) is 2.33. The third-order valence-corrected chi connectivity index (χ3v) is 3.27. The predicted molar refractivity (Wildman–Crippen MR) is 76.4 cm³/mol. The van der Waals surface area contributed by atoms with E-state index in [-0.39, 0.29) is 11.8 Å². The zero-order valence-electron chi connectivity index (χ0n) is 10.5. The number of carbonyl (C=O) groups excluding carboxylic acids is 1. The van der Waals surface area contributed by atoms with Gasteiger partial charge in [-0.25, -0.2) is 0 Å². The van der Waals surface area contributed by atoms with Crippen LogP contribution >= 0.6 is 12.2 Å². The van der Waals surface area contributed by atoms with Gasteiger partial charge in [0.2, 0.25) is 0 Å². The zero-order chi connectivity index (χ0) is 13.1. The summed E-state index contributed by atoms with van der Waals surface area (Å²) in [7, 11) is 0. The Labute approximate surface area is 112 Å². The molecule has 1 aliphatic heterocycles. The fraction of sp³-hybridized carbons (Fsp3) is 0.286. The van der Waals surface area contributed by atoms with Crippen molar-refractivity contribution in [1.29, 1.82) is 0 Å². The van der Waals surface area contributed by atoms with Gasteiger partial charge >= 0.3 is 0 Å².